The molecule has 0 N–H and O–H groups in total. The molecule has 4 heterocycles. The summed E-state index contributed by atoms with van der Waals surface area (Å²) in [5, 5.41) is 7.86. The fourth-order valence-electron chi connectivity index (χ4n) is 15.2. The molecular formula is C76H44B2Br2N2. The van der Waals surface area contributed by atoms with Gasteiger partial charge in [0.2, 0.25) is 13.4 Å². The zero-order valence-corrected chi connectivity index (χ0v) is 47.4. The number of benzene rings is 14. The molecule has 0 amide bonds. The third-order valence-corrected chi connectivity index (χ3v) is 19.2. The summed E-state index contributed by atoms with van der Waals surface area (Å²) in [6.45, 7) is -0.123. The number of halogens is 2. The van der Waals surface area contributed by atoms with E-state index in [0.717, 1.165) is 20.3 Å². The Kier molecular flexibility index (Phi) is 10.0. The molecule has 14 aromatic rings. The highest BCUT2D eigenvalue weighted by Crippen LogP contribution is 2.54. The van der Waals surface area contributed by atoms with E-state index in [2.05, 4.69) is 309 Å². The van der Waals surface area contributed by atoms with E-state index in [0.29, 0.717) is 0 Å². The SMILES string of the molecule is Brc1cc2c3c(c1)N(c1ccccc1)c1ccccc1B3c1cc3c(-c4ccccc4-c4ccccc4)cc4c5c(cc6c(-c7ccccc7-c7ccccc7)cc-2c1c6c35)B1c2ccccc2N(c2ccccc2)c2cc(Br)cc-4c21. The van der Waals surface area contributed by atoms with Crippen LogP contribution in [0.3, 0.4) is 0 Å². The van der Waals surface area contributed by atoms with E-state index < -0.39 is 0 Å². The van der Waals surface area contributed by atoms with Crippen LogP contribution in [0.4, 0.5) is 34.1 Å². The highest BCUT2D eigenvalue weighted by Gasteiger charge is 2.46. The molecule has 4 aliphatic rings. The summed E-state index contributed by atoms with van der Waals surface area (Å²) in [6, 6.07) is 101. The summed E-state index contributed by atoms with van der Waals surface area (Å²) in [5.41, 5.74) is 29.8. The molecule has 2 nitrogen and oxygen atoms in total. The predicted molar refractivity (Wildman–Crippen MR) is 357 cm³/mol. The smallest absolute Gasteiger partial charge is 0.248 e. The van der Waals surface area contributed by atoms with Gasteiger partial charge in [-0.1, -0.05) is 237 Å². The highest BCUT2D eigenvalue weighted by molar-refractivity contribution is 9.10. The van der Waals surface area contributed by atoms with Crippen LogP contribution in [0.5, 0.6) is 0 Å². The molecule has 0 aliphatic carbocycles. The lowest BCUT2D eigenvalue weighted by atomic mass is 9.31. The van der Waals surface area contributed by atoms with E-state index in [1.54, 1.807) is 0 Å². The number of rotatable bonds is 6. The van der Waals surface area contributed by atoms with E-state index in [1.165, 1.54) is 155 Å². The summed E-state index contributed by atoms with van der Waals surface area (Å²) in [5.74, 6) is 0. The molecule has 82 heavy (non-hydrogen) atoms. The zero-order valence-electron chi connectivity index (χ0n) is 44.2. The molecule has 0 radical (unpaired) electrons. The average molecular weight is 1170 g/mol. The van der Waals surface area contributed by atoms with Crippen LogP contribution in [-0.2, 0) is 0 Å². The maximum atomic E-state index is 4.17. The molecule has 4 aliphatic heterocycles. The highest BCUT2D eigenvalue weighted by atomic mass is 79.9. The Hall–Kier alpha value is -9.19. The van der Waals surface area contributed by atoms with Gasteiger partial charge < -0.3 is 9.80 Å². The fourth-order valence-corrected chi connectivity index (χ4v) is 16.1. The van der Waals surface area contributed by atoms with Gasteiger partial charge in [-0.2, -0.15) is 0 Å². The molecule has 0 spiro atoms. The van der Waals surface area contributed by atoms with Crippen LogP contribution in [0.15, 0.2) is 276 Å². The summed E-state index contributed by atoms with van der Waals surface area (Å²) in [4.78, 5) is 5.00. The number of hydrogen-bond donors (Lipinski definition) is 0. The number of para-hydroxylation sites is 4. The maximum Gasteiger partial charge on any atom is 0.248 e. The third kappa shape index (κ3) is 6.48. The van der Waals surface area contributed by atoms with Crippen LogP contribution in [0, 0.1) is 0 Å². The standard InChI is InChI=1S/C76H44B2Br2N2/c79-47-37-61-57-41-55(53-31-15-13-29-51(53)45-21-5-1-6-22-45)59-43-65-72-58(62-38-48(80)40-70-76(62)77(65)63-33-17-19-35-67(63)82(70)50-27-11-4-12-28-50)42-56(54-32-16-14-30-52(54)46-23-7-2-8-24-46)60-44-66(71(57)73(59)74(60)72)78-64-34-18-20-36-68(64)81(69(39-47)75(61)78)49-25-9-3-10-26-49/h1-44H. The second kappa shape index (κ2) is 17.7. The molecule has 0 bridgehead atoms. The van der Waals surface area contributed by atoms with E-state index in [9.17, 15) is 0 Å². The predicted octanol–water partition coefficient (Wildman–Crippen LogP) is 17.3. The first-order valence-corrected chi connectivity index (χ1v) is 29.9. The first-order chi connectivity index (χ1) is 40.6. The normalized spacial score (nSPS) is 13.1. The van der Waals surface area contributed by atoms with Crippen molar-refractivity contribution in [1.82, 2.24) is 0 Å². The second-order valence-electron chi connectivity index (χ2n) is 22.4. The van der Waals surface area contributed by atoms with Crippen LogP contribution in [0.1, 0.15) is 0 Å². The molecule has 0 fully saturated rings. The van der Waals surface area contributed by atoms with Gasteiger partial charge in [-0.25, -0.2) is 0 Å². The second-order valence-corrected chi connectivity index (χ2v) is 24.2. The number of anilines is 6. The minimum absolute atomic E-state index is 0.0616. The van der Waals surface area contributed by atoms with E-state index in [-0.39, 0.29) is 13.4 Å². The molecule has 18 rings (SSSR count). The molecule has 0 aromatic heterocycles. The molecule has 0 saturated heterocycles. The van der Waals surface area contributed by atoms with Crippen LogP contribution < -0.4 is 42.6 Å². The molecule has 6 heteroatoms. The molecular weight excluding hydrogens is 1120 g/mol. The van der Waals surface area contributed by atoms with Gasteiger partial charge in [0.15, 0.2) is 0 Å². The lowest BCUT2D eigenvalue weighted by Gasteiger charge is -2.42. The molecule has 0 atom stereocenters. The fraction of sp³-hybridized carbons (Fsp3) is 0. The topological polar surface area (TPSA) is 6.48 Å². The first-order valence-electron chi connectivity index (χ1n) is 28.3. The van der Waals surface area contributed by atoms with Crippen LogP contribution in [0.25, 0.3) is 99.1 Å². The minimum Gasteiger partial charge on any atom is -0.311 e. The van der Waals surface area contributed by atoms with Crippen molar-refractivity contribution < 1.29 is 0 Å². The third-order valence-electron chi connectivity index (χ3n) is 18.3. The number of nitrogens with zero attached hydrogens (tertiary/aromatic N) is 2. The first kappa shape index (κ1) is 46.5. The zero-order chi connectivity index (χ0) is 53.9. The monoisotopic (exact) mass is 1160 g/mol. The van der Waals surface area contributed by atoms with E-state index in [1.807, 2.05) is 0 Å². The van der Waals surface area contributed by atoms with Crippen molar-refractivity contribution in [3.05, 3.63) is 276 Å². The van der Waals surface area contributed by atoms with Crippen molar-refractivity contribution in [2.75, 3.05) is 9.80 Å². The van der Waals surface area contributed by atoms with Crippen LogP contribution >= 0.6 is 31.9 Å². The van der Waals surface area contributed by atoms with E-state index >= 15 is 0 Å². The van der Waals surface area contributed by atoms with Gasteiger partial charge in [0, 0.05) is 43.1 Å². The minimum atomic E-state index is -0.0616. The van der Waals surface area contributed by atoms with Crippen molar-refractivity contribution in [1.29, 1.82) is 0 Å². The number of hydrogen-bond acceptors (Lipinski definition) is 2. The Morgan fingerprint density at radius 1 is 0.244 bits per heavy atom. The van der Waals surface area contributed by atoms with E-state index in [4.69, 9.17) is 0 Å². The van der Waals surface area contributed by atoms with Crippen LogP contribution in [0.2, 0.25) is 0 Å². The largest absolute Gasteiger partial charge is 0.311 e. The Balaban J connectivity index is 1.07. The average Bonchev–Trinajstić information content (AvgIpc) is 0.754. The van der Waals surface area contributed by atoms with Crippen molar-refractivity contribution in [2.45, 2.75) is 0 Å². The lowest BCUT2D eigenvalue weighted by Crippen LogP contribution is -2.60. The Bertz CT molecular complexity index is 4710. The Labute approximate surface area is 493 Å². The number of fused-ring (bicyclic) bond motifs is 8. The van der Waals surface area contributed by atoms with Crippen molar-refractivity contribution >= 4 is 145 Å². The van der Waals surface area contributed by atoms with Crippen molar-refractivity contribution in [2.24, 2.45) is 0 Å². The molecule has 0 saturated carbocycles. The van der Waals surface area contributed by atoms with Gasteiger partial charge in [-0.3, -0.25) is 0 Å². The van der Waals surface area contributed by atoms with Crippen LogP contribution in [-0.4, -0.2) is 13.4 Å². The van der Waals surface area contributed by atoms with Gasteiger partial charge in [0.25, 0.3) is 0 Å². The summed E-state index contributed by atoms with van der Waals surface area (Å²) in [7, 11) is 0. The summed E-state index contributed by atoms with van der Waals surface area (Å²) < 4.78 is 2.11. The summed E-state index contributed by atoms with van der Waals surface area (Å²) in [6.07, 6.45) is 0. The van der Waals surface area contributed by atoms with Crippen molar-refractivity contribution in [3.8, 4) is 66.8 Å². The lowest BCUT2D eigenvalue weighted by molar-refractivity contribution is 1.29. The van der Waals surface area contributed by atoms with Gasteiger partial charge in [0.05, 0.1) is 0 Å². The molecule has 378 valence electrons. The van der Waals surface area contributed by atoms with Gasteiger partial charge in [0.1, 0.15) is 0 Å². The Morgan fingerprint density at radius 3 is 1.01 bits per heavy atom. The molecule has 14 aromatic carbocycles. The summed E-state index contributed by atoms with van der Waals surface area (Å²) >= 11 is 8.34. The quantitative estimate of drug-likeness (QED) is 0.121. The van der Waals surface area contributed by atoms with Gasteiger partial charge >= 0.3 is 0 Å². The molecule has 0 unspecified atom stereocenters. The van der Waals surface area contributed by atoms with Gasteiger partial charge in [-0.15, -0.1) is 0 Å². The Morgan fingerprint density at radius 2 is 0.598 bits per heavy atom. The van der Waals surface area contributed by atoms with Crippen molar-refractivity contribution in [3.63, 3.8) is 0 Å². The van der Waals surface area contributed by atoms with Gasteiger partial charge in [-0.05, 0) is 194 Å². The maximum absolute atomic E-state index is 4.17.